The number of hydrogen-bond donors (Lipinski definition) is 1. The van der Waals surface area contributed by atoms with Gasteiger partial charge in [0.15, 0.2) is 11.9 Å². The first-order chi connectivity index (χ1) is 12.5. The second-order valence-corrected chi connectivity index (χ2v) is 6.90. The summed E-state index contributed by atoms with van der Waals surface area (Å²) < 4.78 is 6.72. The molecular weight excluding hydrogens is 398 g/mol. The van der Waals surface area contributed by atoms with E-state index < -0.39 is 5.78 Å². The van der Waals surface area contributed by atoms with Crippen molar-refractivity contribution in [2.45, 2.75) is 0 Å². The van der Waals surface area contributed by atoms with Crippen LogP contribution in [0.15, 0.2) is 45.3 Å². The molecule has 0 radical (unpaired) electrons. The van der Waals surface area contributed by atoms with Crippen LogP contribution in [0.3, 0.4) is 0 Å². The molecule has 3 rings (SSSR count). The summed E-state index contributed by atoms with van der Waals surface area (Å²) in [6, 6.07) is 11.0. The average molecular weight is 416 g/mol. The fraction of sp³-hybridized carbons (Fsp3) is 0.211. The van der Waals surface area contributed by atoms with E-state index in [4.69, 9.17) is 4.42 Å². The van der Waals surface area contributed by atoms with Crippen molar-refractivity contribution in [2.75, 3.05) is 32.5 Å². The van der Waals surface area contributed by atoms with Crippen molar-refractivity contribution in [1.29, 1.82) is 0 Å². The molecule has 0 atom stereocenters. The van der Waals surface area contributed by atoms with Gasteiger partial charge in [-0.15, -0.1) is 0 Å². The molecule has 1 heterocycles. The highest BCUT2D eigenvalue weighted by Gasteiger charge is 2.21. The molecule has 6 nitrogen and oxygen atoms in total. The maximum absolute atomic E-state index is 12.2. The minimum absolute atomic E-state index is 0.210. The van der Waals surface area contributed by atoms with E-state index in [-0.39, 0.29) is 5.56 Å². The number of halogens is 1. The number of nitrogens with one attached hydrogen (secondary N) is 1. The topological polar surface area (TPSA) is 75.4 Å². The smallest absolute Gasteiger partial charge is 0.231 e. The van der Waals surface area contributed by atoms with Gasteiger partial charge in [0.25, 0.3) is 0 Å². The van der Waals surface area contributed by atoms with Gasteiger partial charge in [-0.05, 0) is 54.3 Å². The molecule has 26 heavy (non-hydrogen) atoms. The first-order valence-electron chi connectivity index (χ1n) is 8.08. The number of nitrogens with zero attached hydrogens (tertiary/aromatic N) is 2. The highest BCUT2D eigenvalue weighted by atomic mass is 79.9. The molecule has 0 aliphatic rings. The van der Waals surface area contributed by atoms with Crippen LogP contribution in [0.1, 0.15) is 10.4 Å². The monoisotopic (exact) mass is 415 g/mol. The molecule has 1 N–H and O–H groups in total. The lowest BCUT2D eigenvalue weighted by atomic mass is 10.1. The Morgan fingerprint density at radius 1 is 1.27 bits per heavy atom. The molecule has 134 valence electrons. The van der Waals surface area contributed by atoms with E-state index in [1.807, 2.05) is 43.3 Å². The van der Waals surface area contributed by atoms with Crippen molar-refractivity contribution in [1.82, 2.24) is 9.88 Å². The van der Waals surface area contributed by atoms with Gasteiger partial charge in [0, 0.05) is 23.2 Å². The van der Waals surface area contributed by atoms with E-state index in [9.17, 15) is 9.59 Å². The van der Waals surface area contributed by atoms with Gasteiger partial charge in [-0.25, -0.2) is 4.98 Å². The van der Waals surface area contributed by atoms with E-state index >= 15 is 0 Å². The lowest BCUT2D eigenvalue weighted by Crippen LogP contribution is -2.21. The lowest BCUT2D eigenvalue weighted by Gasteiger charge is -2.13. The largest absolute Gasteiger partial charge is 0.435 e. The van der Waals surface area contributed by atoms with Gasteiger partial charge in [0.1, 0.15) is 5.52 Å². The van der Waals surface area contributed by atoms with Gasteiger partial charge in [0.2, 0.25) is 11.7 Å². The number of oxazole rings is 1. The normalized spacial score (nSPS) is 11.1. The minimum atomic E-state index is -0.641. The molecule has 0 fully saturated rings. The van der Waals surface area contributed by atoms with Gasteiger partial charge in [-0.1, -0.05) is 12.1 Å². The Morgan fingerprint density at radius 3 is 2.73 bits per heavy atom. The predicted molar refractivity (Wildman–Crippen MR) is 105 cm³/mol. The fourth-order valence-electron chi connectivity index (χ4n) is 2.61. The predicted octanol–water partition coefficient (Wildman–Crippen LogP) is 3.61. The van der Waals surface area contributed by atoms with Gasteiger partial charge < -0.3 is 14.6 Å². The molecule has 0 unspecified atom stereocenters. The fourth-order valence-corrected chi connectivity index (χ4v) is 3.06. The van der Waals surface area contributed by atoms with Crippen molar-refractivity contribution in [3.05, 3.63) is 46.4 Å². The number of likely N-dealkylation sites (N-methyl/N-ethyl adjacent to an activating group) is 1. The number of carbonyl (C=O) groups excluding carboxylic acids is 2. The molecular formula is C19H18BrN3O3. The van der Waals surface area contributed by atoms with E-state index in [1.165, 1.54) is 0 Å². The lowest BCUT2D eigenvalue weighted by molar-refractivity contribution is -0.104. The van der Waals surface area contributed by atoms with Gasteiger partial charge in [-0.2, -0.15) is 0 Å². The Morgan fingerprint density at radius 2 is 2.04 bits per heavy atom. The number of carbonyl (C=O) groups is 2. The number of aromatic nitrogens is 1. The Labute approximate surface area is 159 Å². The first-order valence-corrected chi connectivity index (χ1v) is 8.87. The van der Waals surface area contributed by atoms with Gasteiger partial charge in [-0.3, -0.25) is 9.59 Å². The molecule has 7 heteroatoms. The van der Waals surface area contributed by atoms with Crippen molar-refractivity contribution < 1.29 is 14.0 Å². The van der Waals surface area contributed by atoms with Crippen molar-refractivity contribution >= 4 is 44.8 Å². The average Bonchev–Trinajstić information content (AvgIpc) is 3.04. The van der Waals surface area contributed by atoms with E-state index in [1.54, 1.807) is 12.1 Å². The summed E-state index contributed by atoms with van der Waals surface area (Å²) in [7, 11) is 3.92. The molecule has 3 aromatic rings. The first kappa shape index (κ1) is 18.3. The third-order valence-corrected chi connectivity index (χ3v) is 4.58. The Hall–Kier alpha value is -2.51. The minimum Gasteiger partial charge on any atom is -0.435 e. The molecule has 0 bridgehead atoms. The van der Waals surface area contributed by atoms with Crippen LogP contribution >= 0.6 is 15.9 Å². The van der Waals surface area contributed by atoms with Gasteiger partial charge in [0.05, 0.1) is 11.1 Å². The summed E-state index contributed by atoms with van der Waals surface area (Å²) >= 11 is 3.47. The summed E-state index contributed by atoms with van der Waals surface area (Å²) in [5.74, 6) is -0.254. The highest BCUT2D eigenvalue weighted by molar-refractivity contribution is 9.10. The Kier molecular flexibility index (Phi) is 5.49. The second-order valence-electron chi connectivity index (χ2n) is 6.05. The molecule has 0 aliphatic carbocycles. The summed E-state index contributed by atoms with van der Waals surface area (Å²) in [6.07, 6.45) is 0.298. The quantitative estimate of drug-likeness (QED) is 0.360. The number of Topliss-reactive ketones (excluding diaryl/α,β-unsaturated/α-hetero) is 1. The summed E-state index contributed by atoms with van der Waals surface area (Å²) in [5, 5.41) is 3.19. The third-order valence-electron chi connectivity index (χ3n) is 3.89. The Bertz CT molecular complexity index is 966. The van der Waals surface area contributed by atoms with Gasteiger partial charge >= 0.3 is 0 Å². The van der Waals surface area contributed by atoms with Crippen LogP contribution < -0.4 is 5.32 Å². The zero-order chi connectivity index (χ0) is 18.7. The number of ketones is 1. The molecule has 0 saturated heterocycles. The van der Waals surface area contributed by atoms with Crippen LogP contribution in [0.2, 0.25) is 0 Å². The second kappa shape index (κ2) is 7.80. The number of benzene rings is 2. The number of anilines is 1. The molecule has 0 saturated carbocycles. The maximum atomic E-state index is 12.2. The van der Waals surface area contributed by atoms with E-state index in [0.717, 1.165) is 16.6 Å². The molecule has 0 amide bonds. The zero-order valence-electron chi connectivity index (χ0n) is 14.5. The SMILES string of the molecule is CN(C)CCNc1ccc2nc(-c3ccccc3Br)oc2c1C(=O)C=O. The number of aldehydes is 1. The zero-order valence-corrected chi connectivity index (χ0v) is 16.0. The molecule has 1 aromatic heterocycles. The van der Waals surface area contributed by atoms with Crippen LogP contribution in [-0.2, 0) is 4.79 Å². The van der Waals surface area contributed by atoms with E-state index in [0.29, 0.717) is 35.5 Å². The van der Waals surface area contributed by atoms with Crippen LogP contribution in [0.5, 0.6) is 0 Å². The van der Waals surface area contributed by atoms with Crippen LogP contribution in [-0.4, -0.2) is 49.1 Å². The van der Waals surface area contributed by atoms with Crippen molar-refractivity contribution in [3.63, 3.8) is 0 Å². The molecule has 0 aliphatic heterocycles. The van der Waals surface area contributed by atoms with Crippen LogP contribution in [0.25, 0.3) is 22.6 Å². The number of hydrogen-bond acceptors (Lipinski definition) is 6. The summed E-state index contributed by atoms with van der Waals surface area (Å²) in [6.45, 7) is 1.41. The molecule has 2 aromatic carbocycles. The summed E-state index contributed by atoms with van der Waals surface area (Å²) in [4.78, 5) is 29.9. The standard InChI is InChI=1S/C19H18BrN3O3/c1-23(2)10-9-21-14-7-8-15-18(17(14)16(25)11-24)26-19(22-15)12-5-3-4-6-13(12)20/h3-8,11,21H,9-10H2,1-2H3. The van der Waals surface area contributed by atoms with Crippen LogP contribution in [0, 0.1) is 0 Å². The number of fused-ring (bicyclic) bond motifs is 1. The maximum Gasteiger partial charge on any atom is 0.231 e. The summed E-state index contributed by atoms with van der Waals surface area (Å²) in [5.41, 5.74) is 2.38. The van der Waals surface area contributed by atoms with Crippen molar-refractivity contribution in [3.8, 4) is 11.5 Å². The number of rotatable bonds is 7. The highest BCUT2D eigenvalue weighted by Crippen LogP contribution is 2.33. The Balaban J connectivity index is 2.09. The van der Waals surface area contributed by atoms with E-state index in [2.05, 4.69) is 26.2 Å². The van der Waals surface area contributed by atoms with Crippen molar-refractivity contribution in [2.24, 2.45) is 0 Å². The van der Waals surface area contributed by atoms with Crippen LogP contribution in [0.4, 0.5) is 5.69 Å². The third kappa shape index (κ3) is 3.68. The molecule has 0 spiro atoms.